The number of pyridine rings is 1. The number of nitrogens with zero attached hydrogens (tertiary/aromatic N) is 5. The number of anilines is 1. The summed E-state index contributed by atoms with van der Waals surface area (Å²) in [4.78, 5) is 20.2. The molecular formula is C24H27N5O3. The first-order chi connectivity index (χ1) is 15.8. The molecule has 1 aromatic carbocycles. The molecule has 1 saturated heterocycles. The van der Waals surface area contributed by atoms with Crippen LogP contribution in [-0.2, 0) is 24.3 Å². The van der Waals surface area contributed by atoms with E-state index in [0.717, 1.165) is 41.4 Å². The molecule has 1 aliphatic rings. The van der Waals surface area contributed by atoms with Crippen LogP contribution in [0, 0.1) is 0 Å². The first-order valence-corrected chi connectivity index (χ1v) is 10.7. The van der Waals surface area contributed by atoms with Crippen LogP contribution >= 0.6 is 0 Å². The van der Waals surface area contributed by atoms with E-state index in [2.05, 4.69) is 24.8 Å². The monoisotopic (exact) mass is 433 g/mol. The molecule has 0 radical (unpaired) electrons. The molecule has 0 amide bonds. The Morgan fingerprint density at radius 2 is 1.97 bits per heavy atom. The largest absolute Gasteiger partial charge is 0.463 e. The molecule has 0 aliphatic carbocycles. The van der Waals surface area contributed by atoms with Gasteiger partial charge in [0.15, 0.2) is 0 Å². The van der Waals surface area contributed by atoms with Crippen molar-refractivity contribution in [1.82, 2.24) is 15.0 Å². The van der Waals surface area contributed by atoms with Gasteiger partial charge in [0, 0.05) is 43.7 Å². The molecule has 1 N–H and O–H groups in total. The lowest BCUT2D eigenvalue weighted by molar-refractivity contribution is 0.122. The Balaban J connectivity index is 1.46. The number of hydrogen-bond donors (Lipinski definition) is 1. The number of morpholine rings is 1. The molecule has 0 saturated carbocycles. The van der Waals surface area contributed by atoms with Gasteiger partial charge >= 0.3 is 6.01 Å². The Labute approximate surface area is 187 Å². The van der Waals surface area contributed by atoms with Crippen LogP contribution in [0.5, 0.6) is 6.01 Å². The highest BCUT2D eigenvalue weighted by molar-refractivity contribution is 5.79. The highest BCUT2D eigenvalue weighted by atomic mass is 16.5. The normalized spacial score (nSPS) is 14.1. The molecule has 4 rings (SSSR count). The highest BCUT2D eigenvalue weighted by Gasteiger charge is 2.15. The van der Waals surface area contributed by atoms with Crippen molar-refractivity contribution in [2.75, 3.05) is 37.8 Å². The van der Waals surface area contributed by atoms with Crippen LogP contribution in [0.25, 0.3) is 0 Å². The second-order valence-corrected chi connectivity index (χ2v) is 7.39. The Morgan fingerprint density at radius 1 is 1.06 bits per heavy atom. The van der Waals surface area contributed by atoms with Gasteiger partial charge in [-0.15, -0.1) is 0 Å². The van der Waals surface area contributed by atoms with Crippen LogP contribution in [-0.4, -0.2) is 59.2 Å². The van der Waals surface area contributed by atoms with Gasteiger partial charge in [0.05, 0.1) is 38.7 Å². The van der Waals surface area contributed by atoms with Crippen LogP contribution in [0.15, 0.2) is 59.7 Å². The summed E-state index contributed by atoms with van der Waals surface area (Å²) in [5.41, 5.74) is 3.54. The highest BCUT2D eigenvalue weighted by Crippen LogP contribution is 2.18. The van der Waals surface area contributed by atoms with Crippen molar-refractivity contribution in [1.29, 1.82) is 0 Å². The smallest absolute Gasteiger partial charge is 0.318 e. The van der Waals surface area contributed by atoms with Crippen LogP contribution in [0.1, 0.15) is 22.5 Å². The van der Waals surface area contributed by atoms with Crippen molar-refractivity contribution in [2.24, 2.45) is 4.99 Å². The van der Waals surface area contributed by atoms with Crippen molar-refractivity contribution < 1.29 is 14.6 Å². The van der Waals surface area contributed by atoms with Gasteiger partial charge in [0.2, 0.25) is 0 Å². The van der Waals surface area contributed by atoms with E-state index < -0.39 is 0 Å². The van der Waals surface area contributed by atoms with Gasteiger partial charge < -0.3 is 19.5 Å². The maximum Gasteiger partial charge on any atom is 0.318 e. The predicted octanol–water partition coefficient (Wildman–Crippen LogP) is 2.44. The molecule has 0 spiro atoms. The molecule has 0 unspecified atom stereocenters. The SMILES string of the molecule is OCc1cccc(C=NCc2cc(N3CCOCC3)nc(OCCc3ccccn3)n2)c1. The van der Waals surface area contributed by atoms with Crippen molar-refractivity contribution in [3.05, 3.63) is 77.2 Å². The zero-order chi connectivity index (χ0) is 22.0. The van der Waals surface area contributed by atoms with Gasteiger partial charge in [-0.1, -0.05) is 24.3 Å². The zero-order valence-electron chi connectivity index (χ0n) is 17.9. The van der Waals surface area contributed by atoms with Gasteiger partial charge in [0.25, 0.3) is 0 Å². The number of aliphatic imine (C=N–C) groups is 1. The fourth-order valence-electron chi connectivity index (χ4n) is 3.37. The summed E-state index contributed by atoms with van der Waals surface area (Å²) < 4.78 is 11.3. The zero-order valence-corrected chi connectivity index (χ0v) is 17.9. The summed E-state index contributed by atoms with van der Waals surface area (Å²) in [7, 11) is 0. The van der Waals surface area contributed by atoms with E-state index >= 15 is 0 Å². The number of aliphatic hydroxyl groups is 1. The molecular weight excluding hydrogens is 406 g/mol. The van der Waals surface area contributed by atoms with E-state index in [1.807, 2.05) is 48.5 Å². The lowest BCUT2D eigenvalue weighted by Gasteiger charge is -2.28. The van der Waals surface area contributed by atoms with Gasteiger partial charge in [-0.3, -0.25) is 9.98 Å². The number of aromatic nitrogens is 3. The first-order valence-electron chi connectivity index (χ1n) is 10.7. The van der Waals surface area contributed by atoms with Crippen molar-refractivity contribution in [3.8, 4) is 6.01 Å². The molecule has 0 atom stereocenters. The third-order valence-electron chi connectivity index (χ3n) is 5.02. The predicted molar refractivity (Wildman–Crippen MR) is 122 cm³/mol. The third-order valence-corrected chi connectivity index (χ3v) is 5.02. The number of hydrogen-bond acceptors (Lipinski definition) is 8. The third kappa shape index (κ3) is 6.32. The second kappa shape index (κ2) is 11.3. The van der Waals surface area contributed by atoms with Crippen molar-refractivity contribution >= 4 is 12.0 Å². The van der Waals surface area contributed by atoms with Crippen LogP contribution in [0.4, 0.5) is 5.82 Å². The van der Waals surface area contributed by atoms with E-state index in [4.69, 9.17) is 9.47 Å². The van der Waals surface area contributed by atoms with Crippen LogP contribution < -0.4 is 9.64 Å². The Morgan fingerprint density at radius 3 is 2.78 bits per heavy atom. The number of ether oxygens (including phenoxy) is 2. The average Bonchev–Trinajstić information content (AvgIpc) is 2.85. The standard InChI is InChI=1S/C24H27N5O3/c30-18-20-5-3-4-19(14-20)16-25-17-22-15-23(29-9-12-31-13-10-29)28-24(27-22)32-11-7-21-6-1-2-8-26-21/h1-6,8,14-16,30H,7,9-13,17-18H2. The number of benzene rings is 1. The van der Waals surface area contributed by atoms with E-state index in [9.17, 15) is 5.11 Å². The number of rotatable bonds is 9. The molecule has 8 nitrogen and oxygen atoms in total. The van der Waals surface area contributed by atoms with E-state index in [0.29, 0.717) is 38.8 Å². The Bertz CT molecular complexity index is 1020. The molecule has 1 aliphatic heterocycles. The lowest BCUT2D eigenvalue weighted by Crippen LogP contribution is -2.37. The minimum absolute atomic E-state index is 0.00962. The average molecular weight is 434 g/mol. The number of aliphatic hydroxyl groups excluding tert-OH is 1. The molecule has 3 heterocycles. The summed E-state index contributed by atoms with van der Waals surface area (Å²) in [5.74, 6) is 0.823. The summed E-state index contributed by atoms with van der Waals surface area (Å²) in [5, 5.41) is 9.30. The fourth-order valence-corrected chi connectivity index (χ4v) is 3.37. The van der Waals surface area contributed by atoms with Crippen LogP contribution in [0.3, 0.4) is 0 Å². The Kier molecular flexibility index (Phi) is 7.73. The fraction of sp³-hybridized carbons (Fsp3) is 0.333. The minimum atomic E-state index is 0.00962. The molecule has 32 heavy (non-hydrogen) atoms. The van der Waals surface area contributed by atoms with Crippen LogP contribution in [0.2, 0.25) is 0 Å². The lowest BCUT2D eigenvalue weighted by atomic mass is 10.1. The Hall–Kier alpha value is -3.36. The topological polar surface area (TPSA) is 93.0 Å². The van der Waals surface area contributed by atoms with E-state index in [1.165, 1.54) is 0 Å². The maximum atomic E-state index is 9.30. The molecule has 3 aromatic rings. The van der Waals surface area contributed by atoms with Gasteiger partial charge in [-0.2, -0.15) is 9.97 Å². The van der Waals surface area contributed by atoms with Crippen molar-refractivity contribution in [2.45, 2.75) is 19.6 Å². The van der Waals surface area contributed by atoms with Crippen molar-refractivity contribution in [3.63, 3.8) is 0 Å². The van der Waals surface area contributed by atoms with Gasteiger partial charge in [-0.25, -0.2) is 0 Å². The summed E-state index contributed by atoms with van der Waals surface area (Å²) in [6.45, 7) is 3.76. The van der Waals surface area contributed by atoms with Gasteiger partial charge in [-0.05, 0) is 29.3 Å². The molecule has 2 aromatic heterocycles. The minimum Gasteiger partial charge on any atom is -0.463 e. The first kappa shape index (κ1) is 21.9. The molecule has 0 bridgehead atoms. The van der Waals surface area contributed by atoms with E-state index in [1.54, 1.807) is 12.4 Å². The van der Waals surface area contributed by atoms with Gasteiger partial charge in [0.1, 0.15) is 5.82 Å². The van der Waals surface area contributed by atoms with E-state index in [-0.39, 0.29) is 6.61 Å². The maximum absolute atomic E-state index is 9.30. The molecule has 1 fully saturated rings. The molecule has 8 heteroatoms. The summed E-state index contributed by atoms with van der Waals surface area (Å²) in [6.07, 6.45) is 4.25. The quantitative estimate of drug-likeness (QED) is 0.518. The molecule has 166 valence electrons. The summed E-state index contributed by atoms with van der Waals surface area (Å²) in [6, 6.07) is 15.8. The second-order valence-electron chi connectivity index (χ2n) is 7.39. The summed E-state index contributed by atoms with van der Waals surface area (Å²) >= 11 is 0.